The Labute approximate surface area is 152 Å². The number of rotatable bonds is 6. The number of amides is 1. The Morgan fingerprint density at radius 3 is 2.52 bits per heavy atom. The number of nitrogens with one attached hydrogen (secondary N) is 1. The van der Waals surface area contributed by atoms with E-state index < -0.39 is 24.3 Å². The number of hydrogen-bond acceptors (Lipinski definition) is 5. The molecule has 25 heavy (non-hydrogen) atoms. The summed E-state index contributed by atoms with van der Waals surface area (Å²) in [5, 5.41) is 2.54. The third kappa shape index (κ3) is 4.93. The van der Waals surface area contributed by atoms with Crippen molar-refractivity contribution in [1.29, 1.82) is 0 Å². The predicted molar refractivity (Wildman–Crippen MR) is 92.6 cm³/mol. The van der Waals surface area contributed by atoms with Gasteiger partial charge in [-0.05, 0) is 30.3 Å². The zero-order valence-corrected chi connectivity index (χ0v) is 15.1. The summed E-state index contributed by atoms with van der Waals surface area (Å²) in [5.41, 5.74) is 0.104. The van der Waals surface area contributed by atoms with Gasteiger partial charge in [-0.3, -0.25) is 4.79 Å². The standard InChI is InChI=1S/C17H15BrFNO5/c1-23-11-4-6-15(24-2)14(8-11)20-16(21)9-25-17(22)12-5-3-10(18)7-13(12)19/h3-8H,9H2,1-2H3,(H,20,21). The number of ether oxygens (including phenoxy) is 3. The molecule has 0 bridgehead atoms. The van der Waals surface area contributed by atoms with Crippen LogP contribution < -0.4 is 14.8 Å². The third-order valence-electron chi connectivity index (χ3n) is 3.17. The zero-order chi connectivity index (χ0) is 18.4. The van der Waals surface area contributed by atoms with Gasteiger partial charge in [-0.1, -0.05) is 15.9 Å². The van der Waals surface area contributed by atoms with E-state index >= 15 is 0 Å². The van der Waals surface area contributed by atoms with E-state index in [9.17, 15) is 14.0 Å². The summed E-state index contributed by atoms with van der Waals surface area (Å²) in [7, 11) is 2.94. The van der Waals surface area contributed by atoms with Crippen molar-refractivity contribution in [2.45, 2.75) is 0 Å². The van der Waals surface area contributed by atoms with Gasteiger partial charge in [-0.2, -0.15) is 0 Å². The van der Waals surface area contributed by atoms with Gasteiger partial charge >= 0.3 is 5.97 Å². The van der Waals surface area contributed by atoms with Gasteiger partial charge in [-0.15, -0.1) is 0 Å². The van der Waals surface area contributed by atoms with Crippen molar-refractivity contribution in [2.75, 3.05) is 26.1 Å². The van der Waals surface area contributed by atoms with Crippen LogP contribution >= 0.6 is 15.9 Å². The van der Waals surface area contributed by atoms with Crippen molar-refractivity contribution in [1.82, 2.24) is 0 Å². The number of carbonyl (C=O) groups excluding carboxylic acids is 2. The second-order valence-corrected chi connectivity index (χ2v) is 5.73. The van der Waals surface area contributed by atoms with Crippen molar-refractivity contribution in [2.24, 2.45) is 0 Å². The van der Waals surface area contributed by atoms with Crippen molar-refractivity contribution in [3.8, 4) is 11.5 Å². The number of hydrogen-bond donors (Lipinski definition) is 1. The summed E-state index contributed by atoms with van der Waals surface area (Å²) in [6.07, 6.45) is 0. The largest absolute Gasteiger partial charge is 0.497 e. The van der Waals surface area contributed by atoms with Crippen molar-refractivity contribution in [3.05, 3.63) is 52.3 Å². The molecule has 1 N–H and O–H groups in total. The molecule has 0 saturated heterocycles. The topological polar surface area (TPSA) is 73.9 Å². The molecule has 132 valence electrons. The van der Waals surface area contributed by atoms with Crippen LogP contribution in [0.15, 0.2) is 40.9 Å². The minimum atomic E-state index is -0.933. The molecule has 0 aliphatic carbocycles. The first-order chi connectivity index (χ1) is 11.9. The highest BCUT2D eigenvalue weighted by Gasteiger charge is 2.16. The predicted octanol–water partition coefficient (Wildman–Crippen LogP) is 3.40. The number of methoxy groups -OCH3 is 2. The van der Waals surface area contributed by atoms with Gasteiger partial charge in [0.25, 0.3) is 5.91 Å². The van der Waals surface area contributed by atoms with Crippen LogP contribution in [0.2, 0.25) is 0 Å². The summed E-state index contributed by atoms with van der Waals surface area (Å²) in [6, 6.07) is 8.76. The maximum absolute atomic E-state index is 13.7. The van der Waals surface area contributed by atoms with Crippen LogP contribution in [0.4, 0.5) is 10.1 Å². The van der Waals surface area contributed by atoms with Gasteiger partial charge in [0, 0.05) is 10.5 Å². The van der Waals surface area contributed by atoms with Gasteiger partial charge < -0.3 is 19.5 Å². The number of esters is 1. The monoisotopic (exact) mass is 411 g/mol. The minimum Gasteiger partial charge on any atom is -0.497 e. The van der Waals surface area contributed by atoms with Crippen LogP contribution in [0.1, 0.15) is 10.4 Å². The average Bonchev–Trinajstić information content (AvgIpc) is 2.59. The van der Waals surface area contributed by atoms with Gasteiger partial charge in [0.2, 0.25) is 0 Å². The van der Waals surface area contributed by atoms with Gasteiger partial charge in [0.1, 0.15) is 17.3 Å². The van der Waals surface area contributed by atoms with E-state index in [2.05, 4.69) is 21.2 Å². The molecular formula is C17H15BrFNO5. The van der Waals surface area contributed by atoms with Gasteiger partial charge in [0.05, 0.1) is 25.5 Å². The molecule has 0 heterocycles. The molecule has 0 radical (unpaired) electrons. The highest BCUT2D eigenvalue weighted by molar-refractivity contribution is 9.10. The second kappa shape index (κ2) is 8.48. The van der Waals surface area contributed by atoms with Crippen LogP contribution in [0.3, 0.4) is 0 Å². The van der Waals surface area contributed by atoms with E-state index in [0.717, 1.165) is 6.07 Å². The Morgan fingerprint density at radius 2 is 1.88 bits per heavy atom. The van der Waals surface area contributed by atoms with Gasteiger partial charge in [-0.25, -0.2) is 9.18 Å². The molecule has 2 aromatic carbocycles. The Balaban J connectivity index is 2.00. The van der Waals surface area contributed by atoms with E-state index in [1.165, 1.54) is 26.4 Å². The molecule has 0 atom stereocenters. The molecule has 1 amide bonds. The number of halogens is 2. The van der Waals surface area contributed by atoms with Crippen molar-refractivity contribution < 1.29 is 28.2 Å². The fraction of sp³-hybridized carbons (Fsp3) is 0.176. The molecule has 2 aromatic rings. The van der Waals surface area contributed by atoms with Crippen molar-refractivity contribution in [3.63, 3.8) is 0 Å². The molecule has 0 aliphatic rings. The Kier molecular flexibility index (Phi) is 6.35. The van der Waals surface area contributed by atoms with E-state index in [1.807, 2.05) is 0 Å². The first-order valence-corrected chi connectivity index (χ1v) is 7.88. The lowest BCUT2D eigenvalue weighted by Gasteiger charge is -2.12. The molecule has 0 aliphatic heterocycles. The summed E-state index contributed by atoms with van der Waals surface area (Å²) in [6.45, 7) is -0.575. The minimum absolute atomic E-state index is 0.255. The Bertz CT molecular complexity index is 797. The molecule has 0 aromatic heterocycles. The normalized spacial score (nSPS) is 10.1. The molecule has 0 saturated carbocycles. The fourth-order valence-electron chi connectivity index (χ4n) is 1.96. The number of benzene rings is 2. The molecule has 2 rings (SSSR count). The summed E-state index contributed by atoms with van der Waals surface area (Å²) in [5.74, 6) is -1.34. The first-order valence-electron chi connectivity index (χ1n) is 7.08. The van der Waals surface area contributed by atoms with Crippen LogP contribution in [0.5, 0.6) is 11.5 Å². The summed E-state index contributed by atoms with van der Waals surface area (Å²) >= 11 is 3.09. The van der Waals surface area contributed by atoms with Crippen LogP contribution in [-0.4, -0.2) is 32.7 Å². The Hall–Kier alpha value is -2.61. The van der Waals surface area contributed by atoms with Crippen LogP contribution in [0, 0.1) is 5.82 Å². The fourth-order valence-corrected chi connectivity index (χ4v) is 2.30. The van der Waals surface area contributed by atoms with E-state index in [1.54, 1.807) is 18.2 Å². The summed E-state index contributed by atoms with van der Waals surface area (Å²) < 4.78 is 29.2. The van der Waals surface area contributed by atoms with E-state index in [-0.39, 0.29) is 5.56 Å². The summed E-state index contributed by atoms with van der Waals surface area (Å²) in [4.78, 5) is 23.8. The average molecular weight is 412 g/mol. The smallest absolute Gasteiger partial charge is 0.341 e. The number of anilines is 1. The molecule has 0 spiro atoms. The lowest BCUT2D eigenvalue weighted by molar-refractivity contribution is -0.119. The maximum atomic E-state index is 13.7. The van der Waals surface area contributed by atoms with E-state index in [4.69, 9.17) is 14.2 Å². The highest BCUT2D eigenvalue weighted by atomic mass is 79.9. The molecule has 0 unspecified atom stereocenters. The lowest BCUT2D eigenvalue weighted by Crippen LogP contribution is -2.21. The maximum Gasteiger partial charge on any atom is 0.341 e. The highest BCUT2D eigenvalue weighted by Crippen LogP contribution is 2.28. The SMILES string of the molecule is COc1ccc(OC)c(NC(=O)COC(=O)c2ccc(Br)cc2F)c1. The zero-order valence-electron chi connectivity index (χ0n) is 13.5. The molecule has 0 fully saturated rings. The van der Waals surface area contributed by atoms with E-state index in [0.29, 0.717) is 21.7 Å². The third-order valence-corrected chi connectivity index (χ3v) is 3.66. The number of carbonyl (C=O) groups is 2. The van der Waals surface area contributed by atoms with Gasteiger partial charge in [0.15, 0.2) is 6.61 Å². The molecule has 8 heteroatoms. The molecule has 6 nitrogen and oxygen atoms in total. The molecular weight excluding hydrogens is 397 g/mol. The first kappa shape index (κ1) is 18.7. The van der Waals surface area contributed by atoms with Crippen LogP contribution in [0.25, 0.3) is 0 Å². The second-order valence-electron chi connectivity index (χ2n) is 4.81. The quantitative estimate of drug-likeness (QED) is 0.737. The Morgan fingerprint density at radius 1 is 1.12 bits per heavy atom. The van der Waals surface area contributed by atoms with Crippen LogP contribution in [-0.2, 0) is 9.53 Å². The van der Waals surface area contributed by atoms with Crippen molar-refractivity contribution >= 4 is 33.5 Å². The lowest BCUT2D eigenvalue weighted by atomic mass is 10.2.